The fraction of sp³-hybridized carbons (Fsp3) is 0.286. The van der Waals surface area contributed by atoms with E-state index in [0.29, 0.717) is 10.7 Å². The maximum atomic E-state index is 11.9. The van der Waals surface area contributed by atoms with Crippen LogP contribution in [0.5, 0.6) is 5.75 Å². The summed E-state index contributed by atoms with van der Waals surface area (Å²) in [5.74, 6) is 0.606. The van der Waals surface area contributed by atoms with E-state index in [1.54, 1.807) is 14.0 Å². The van der Waals surface area contributed by atoms with Gasteiger partial charge < -0.3 is 4.74 Å². The fourth-order valence-electron chi connectivity index (χ4n) is 1.74. The van der Waals surface area contributed by atoms with E-state index in [1.807, 2.05) is 31.2 Å². The number of nitrogens with zero attached hydrogens (tertiary/aromatic N) is 1. The highest BCUT2D eigenvalue weighted by Crippen LogP contribution is 2.32. The quantitative estimate of drug-likeness (QED) is 0.868. The molecule has 1 N–H and O–H groups in total. The van der Waals surface area contributed by atoms with Crippen molar-refractivity contribution in [2.75, 3.05) is 12.4 Å². The van der Waals surface area contributed by atoms with E-state index in [9.17, 15) is 4.79 Å². The molecule has 2 aromatic rings. The number of hydrogen-bond acceptors (Lipinski definition) is 4. The van der Waals surface area contributed by atoms with Gasteiger partial charge in [0.05, 0.1) is 11.8 Å². The number of para-hydroxylation sites is 1. The summed E-state index contributed by atoms with van der Waals surface area (Å²) >= 11 is 1.44. The third kappa shape index (κ3) is 2.93. The molecule has 1 aromatic carbocycles. The number of fused-ring (bicyclic) bond motifs is 1. The minimum atomic E-state index is -0.111. The number of rotatable bonds is 4. The van der Waals surface area contributed by atoms with Gasteiger partial charge in [0, 0.05) is 5.57 Å². The van der Waals surface area contributed by atoms with E-state index < -0.39 is 0 Å². The van der Waals surface area contributed by atoms with E-state index in [0.717, 1.165) is 22.4 Å². The van der Waals surface area contributed by atoms with Crippen LogP contribution in [0.4, 0.5) is 5.13 Å². The van der Waals surface area contributed by atoms with Gasteiger partial charge in [-0.25, -0.2) is 4.98 Å². The van der Waals surface area contributed by atoms with Gasteiger partial charge in [-0.15, -0.1) is 0 Å². The Labute approximate surface area is 116 Å². The molecule has 0 fully saturated rings. The van der Waals surface area contributed by atoms with Crippen LogP contribution in [-0.4, -0.2) is 18.0 Å². The minimum Gasteiger partial charge on any atom is -0.494 e. The van der Waals surface area contributed by atoms with Crippen molar-refractivity contribution in [3.63, 3.8) is 0 Å². The molecule has 4 nitrogen and oxygen atoms in total. The second kappa shape index (κ2) is 5.84. The molecule has 1 aromatic heterocycles. The molecule has 0 unspecified atom stereocenters. The monoisotopic (exact) mass is 276 g/mol. The van der Waals surface area contributed by atoms with Crippen molar-refractivity contribution in [1.29, 1.82) is 0 Å². The summed E-state index contributed by atoms with van der Waals surface area (Å²) in [6.07, 6.45) is 2.73. The second-order valence-corrected chi connectivity index (χ2v) is 5.11. The van der Waals surface area contributed by atoms with Gasteiger partial charge in [0.25, 0.3) is 5.91 Å². The molecule has 2 rings (SSSR count). The zero-order valence-corrected chi connectivity index (χ0v) is 12.0. The number of aromatic nitrogens is 1. The Kier molecular flexibility index (Phi) is 4.16. The number of methoxy groups -OCH3 is 1. The van der Waals surface area contributed by atoms with Crippen molar-refractivity contribution in [2.24, 2.45) is 0 Å². The number of hydrogen-bond donors (Lipinski definition) is 1. The van der Waals surface area contributed by atoms with Crippen LogP contribution >= 0.6 is 11.3 Å². The Morgan fingerprint density at radius 3 is 3.00 bits per heavy atom. The molecule has 0 bridgehead atoms. The van der Waals surface area contributed by atoms with Crippen LogP contribution in [0.25, 0.3) is 10.2 Å². The fourth-order valence-corrected chi connectivity index (χ4v) is 2.61. The summed E-state index contributed by atoms with van der Waals surface area (Å²) in [6, 6.07) is 5.73. The van der Waals surface area contributed by atoms with Crippen LogP contribution in [0.15, 0.2) is 29.8 Å². The molecule has 0 aliphatic heterocycles. The lowest BCUT2D eigenvalue weighted by molar-refractivity contribution is -0.112. The molecule has 1 heterocycles. The number of benzene rings is 1. The van der Waals surface area contributed by atoms with Crippen LogP contribution < -0.4 is 10.1 Å². The maximum absolute atomic E-state index is 11.9. The van der Waals surface area contributed by atoms with Gasteiger partial charge in [-0.05, 0) is 25.5 Å². The normalized spacial score (nSPS) is 11.6. The molecule has 0 aliphatic carbocycles. The third-order valence-electron chi connectivity index (χ3n) is 2.69. The zero-order valence-electron chi connectivity index (χ0n) is 11.2. The maximum Gasteiger partial charge on any atom is 0.252 e. The zero-order chi connectivity index (χ0) is 13.8. The third-order valence-corrected chi connectivity index (χ3v) is 3.63. The highest BCUT2D eigenvalue weighted by molar-refractivity contribution is 7.22. The highest BCUT2D eigenvalue weighted by Gasteiger charge is 2.11. The van der Waals surface area contributed by atoms with Gasteiger partial charge in [0.15, 0.2) is 5.13 Å². The van der Waals surface area contributed by atoms with Crippen molar-refractivity contribution < 1.29 is 9.53 Å². The van der Waals surface area contributed by atoms with Crippen LogP contribution in [-0.2, 0) is 4.79 Å². The largest absolute Gasteiger partial charge is 0.494 e. The van der Waals surface area contributed by atoms with E-state index in [-0.39, 0.29) is 5.91 Å². The van der Waals surface area contributed by atoms with Crippen LogP contribution in [0, 0.1) is 0 Å². The predicted octanol–water partition coefficient (Wildman–Crippen LogP) is 3.60. The first-order valence-corrected chi connectivity index (χ1v) is 6.89. The first kappa shape index (κ1) is 13.5. The van der Waals surface area contributed by atoms with E-state index >= 15 is 0 Å². The lowest BCUT2D eigenvalue weighted by atomic mass is 10.2. The first-order valence-electron chi connectivity index (χ1n) is 6.07. The molecule has 19 heavy (non-hydrogen) atoms. The van der Waals surface area contributed by atoms with E-state index in [4.69, 9.17) is 4.74 Å². The Hall–Kier alpha value is -1.88. The Balaban J connectivity index is 2.27. The van der Waals surface area contributed by atoms with Crippen molar-refractivity contribution in [3.05, 3.63) is 29.8 Å². The average molecular weight is 276 g/mol. The molecule has 1 amide bonds. The van der Waals surface area contributed by atoms with E-state index in [1.165, 1.54) is 11.3 Å². The van der Waals surface area contributed by atoms with Gasteiger partial charge in [0.1, 0.15) is 11.3 Å². The van der Waals surface area contributed by atoms with Gasteiger partial charge in [-0.1, -0.05) is 30.4 Å². The number of anilines is 1. The van der Waals surface area contributed by atoms with Crippen molar-refractivity contribution in [3.8, 4) is 5.75 Å². The Bertz CT molecular complexity index is 631. The molecule has 0 aliphatic rings. The van der Waals surface area contributed by atoms with Crippen LogP contribution in [0.3, 0.4) is 0 Å². The number of ether oxygens (including phenoxy) is 1. The summed E-state index contributed by atoms with van der Waals surface area (Å²) in [5, 5.41) is 3.40. The molecule has 0 spiro atoms. The number of thiazole rings is 1. The number of amides is 1. The number of nitrogens with one attached hydrogen (secondary N) is 1. The summed E-state index contributed by atoms with van der Waals surface area (Å²) in [5.41, 5.74) is 1.48. The van der Waals surface area contributed by atoms with Gasteiger partial charge in [-0.3, -0.25) is 10.1 Å². The smallest absolute Gasteiger partial charge is 0.252 e. The summed E-state index contributed by atoms with van der Waals surface area (Å²) in [6.45, 7) is 3.80. The number of carbonyl (C=O) groups is 1. The summed E-state index contributed by atoms with van der Waals surface area (Å²) in [4.78, 5) is 16.3. The molecule has 0 saturated carbocycles. The Morgan fingerprint density at radius 2 is 2.32 bits per heavy atom. The molecular formula is C14H16N2O2S. The second-order valence-electron chi connectivity index (χ2n) is 4.08. The molecule has 0 radical (unpaired) electrons. The molecule has 0 atom stereocenters. The number of carbonyl (C=O) groups excluding carboxylic acids is 1. The standard InChI is InChI=1S/C14H16N2O2S/c1-4-6-9(2)13(17)16-14-15-12-10(18-3)7-5-8-11(12)19-14/h5-8H,4H2,1-3H3,(H,15,16,17). The van der Waals surface area contributed by atoms with Crippen molar-refractivity contribution >= 4 is 32.6 Å². The first-order chi connectivity index (χ1) is 9.15. The average Bonchev–Trinajstić information content (AvgIpc) is 2.80. The lowest BCUT2D eigenvalue weighted by Crippen LogP contribution is -2.12. The van der Waals surface area contributed by atoms with Crippen LogP contribution in [0.1, 0.15) is 20.3 Å². The van der Waals surface area contributed by atoms with E-state index in [2.05, 4.69) is 10.3 Å². The van der Waals surface area contributed by atoms with Gasteiger partial charge in [0.2, 0.25) is 0 Å². The predicted molar refractivity (Wildman–Crippen MR) is 78.8 cm³/mol. The topological polar surface area (TPSA) is 51.2 Å². The summed E-state index contributed by atoms with van der Waals surface area (Å²) in [7, 11) is 1.61. The van der Waals surface area contributed by atoms with Crippen molar-refractivity contribution in [2.45, 2.75) is 20.3 Å². The van der Waals surface area contributed by atoms with Gasteiger partial charge in [-0.2, -0.15) is 0 Å². The minimum absolute atomic E-state index is 0.111. The van der Waals surface area contributed by atoms with Crippen LogP contribution in [0.2, 0.25) is 0 Å². The molecule has 5 heteroatoms. The molecule has 0 saturated heterocycles. The lowest BCUT2D eigenvalue weighted by Gasteiger charge is -2.00. The van der Waals surface area contributed by atoms with Crippen molar-refractivity contribution in [1.82, 2.24) is 4.98 Å². The Morgan fingerprint density at radius 1 is 1.53 bits per heavy atom. The SMILES string of the molecule is CCC=C(C)C(=O)Nc1nc2c(OC)cccc2s1. The highest BCUT2D eigenvalue weighted by atomic mass is 32.1. The summed E-state index contributed by atoms with van der Waals surface area (Å²) < 4.78 is 6.24. The van der Waals surface area contributed by atoms with Gasteiger partial charge >= 0.3 is 0 Å². The molecular weight excluding hydrogens is 260 g/mol. The number of allylic oxidation sites excluding steroid dienone is 1. The molecule has 100 valence electrons.